The maximum atomic E-state index is 13.0. The van der Waals surface area contributed by atoms with Crippen molar-refractivity contribution in [1.29, 1.82) is 0 Å². The van der Waals surface area contributed by atoms with E-state index in [0.29, 0.717) is 6.54 Å². The van der Waals surface area contributed by atoms with Crippen molar-refractivity contribution >= 4 is 34.3 Å². The van der Waals surface area contributed by atoms with Gasteiger partial charge in [0.05, 0.1) is 35.2 Å². The first-order valence-electron chi connectivity index (χ1n) is 9.72. The van der Waals surface area contributed by atoms with Gasteiger partial charge in [-0.15, -0.1) is 0 Å². The van der Waals surface area contributed by atoms with E-state index in [-0.39, 0.29) is 23.2 Å². The Morgan fingerprint density at radius 3 is 2.80 bits per heavy atom. The van der Waals surface area contributed by atoms with Crippen molar-refractivity contribution in [3.05, 3.63) is 54.0 Å². The maximum Gasteiger partial charge on any atom is 0.313 e. The number of aromatic nitrogens is 3. The highest BCUT2D eigenvalue weighted by Crippen LogP contribution is 2.34. The molecule has 30 heavy (non-hydrogen) atoms. The smallest absolute Gasteiger partial charge is 0.313 e. The maximum absolute atomic E-state index is 13.0. The lowest BCUT2D eigenvalue weighted by molar-refractivity contribution is -0.146. The van der Waals surface area contributed by atoms with Gasteiger partial charge in [-0.1, -0.05) is 13.0 Å². The second-order valence-electron chi connectivity index (χ2n) is 7.65. The van der Waals surface area contributed by atoms with Crippen LogP contribution in [0.15, 0.2) is 42.9 Å². The first-order chi connectivity index (χ1) is 14.4. The normalized spacial score (nSPS) is 18.9. The molecule has 0 bridgehead atoms. The first kappa shape index (κ1) is 19.6. The highest BCUT2D eigenvalue weighted by atomic mass is 16.2. The third kappa shape index (κ3) is 3.86. The van der Waals surface area contributed by atoms with Crippen LogP contribution >= 0.6 is 0 Å². The van der Waals surface area contributed by atoms with E-state index in [1.165, 1.54) is 18.5 Å². The molecule has 154 valence electrons. The van der Waals surface area contributed by atoms with Crippen LogP contribution in [0.3, 0.4) is 0 Å². The van der Waals surface area contributed by atoms with Crippen LogP contribution in [0.4, 0.5) is 5.69 Å². The summed E-state index contributed by atoms with van der Waals surface area (Å²) in [6.07, 6.45) is 6.13. The summed E-state index contributed by atoms with van der Waals surface area (Å²) < 4.78 is 0. The molecule has 2 aromatic heterocycles. The molecule has 9 nitrogen and oxygen atoms in total. The van der Waals surface area contributed by atoms with E-state index >= 15 is 0 Å². The Bertz CT molecular complexity index is 1120. The van der Waals surface area contributed by atoms with Crippen LogP contribution in [0.1, 0.15) is 41.7 Å². The Morgan fingerprint density at radius 1 is 1.17 bits per heavy atom. The van der Waals surface area contributed by atoms with Crippen molar-refractivity contribution in [2.75, 3.05) is 11.9 Å². The molecule has 0 saturated carbocycles. The molecule has 2 atom stereocenters. The number of aromatic amines is 1. The van der Waals surface area contributed by atoms with Gasteiger partial charge in [0.25, 0.3) is 0 Å². The van der Waals surface area contributed by atoms with Crippen molar-refractivity contribution in [1.82, 2.24) is 20.1 Å². The molecule has 1 aliphatic heterocycles. The van der Waals surface area contributed by atoms with Gasteiger partial charge in [0, 0.05) is 18.1 Å². The number of piperidine rings is 1. The molecule has 1 fully saturated rings. The number of nitrogens with two attached hydrogens (primary N) is 1. The summed E-state index contributed by atoms with van der Waals surface area (Å²) in [6, 6.07) is 7.08. The number of amides is 3. The molecule has 0 radical (unpaired) electrons. The molecule has 1 aromatic carbocycles. The number of primary amides is 1. The second kappa shape index (κ2) is 7.94. The van der Waals surface area contributed by atoms with Crippen molar-refractivity contribution in [2.24, 2.45) is 11.7 Å². The molecule has 0 spiro atoms. The molecule has 3 aromatic rings. The van der Waals surface area contributed by atoms with E-state index < -0.39 is 17.7 Å². The van der Waals surface area contributed by atoms with E-state index in [4.69, 9.17) is 5.73 Å². The molecule has 0 unspecified atom stereocenters. The van der Waals surface area contributed by atoms with Gasteiger partial charge in [-0.25, -0.2) is 0 Å². The summed E-state index contributed by atoms with van der Waals surface area (Å²) in [5.41, 5.74) is 7.52. The van der Waals surface area contributed by atoms with Gasteiger partial charge in [-0.2, -0.15) is 5.10 Å². The fourth-order valence-corrected chi connectivity index (χ4v) is 3.85. The molecule has 3 amide bonds. The number of benzene rings is 1. The van der Waals surface area contributed by atoms with Crippen LogP contribution in [0.2, 0.25) is 0 Å². The largest absolute Gasteiger partial charge is 0.366 e. The molecule has 0 aliphatic carbocycles. The fourth-order valence-electron chi connectivity index (χ4n) is 3.85. The lowest BCUT2D eigenvalue weighted by Crippen LogP contribution is -2.46. The molecule has 9 heteroatoms. The van der Waals surface area contributed by atoms with E-state index in [1.807, 2.05) is 18.2 Å². The second-order valence-corrected chi connectivity index (χ2v) is 7.65. The topological polar surface area (TPSA) is 134 Å². The summed E-state index contributed by atoms with van der Waals surface area (Å²) >= 11 is 0. The summed E-state index contributed by atoms with van der Waals surface area (Å²) in [6.45, 7) is 2.55. The fraction of sp³-hybridized carbons (Fsp3) is 0.286. The number of anilines is 1. The number of nitrogens with zero attached hydrogens (tertiary/aromatic N) is 3. The number of hydrogen-bond donors (Lipinski definition) is 3. The standard InChI is InChI=1S/C21H22N6O3/c1-12-2-5-18(13-3-4-17-14(6-13)9-24-26-17)27(11-12)21(30)20(29)25-16-7-15(19(22)28)8-23-10-16/h3-4,6-10,12,18H,2,5,11H2,1H3,(H2,22,28)(H,24,26)(H,25,29)/t12-,18+/m1/s1. The minimum atomic E-state index is -0.776. The van der Waals surface area contributed by atoms with Crippen LogP contribution in [0, 0.1) is 5.92 Å². The zero-order valence-corrected chi connectivity index (χ0v) is 16.5. The summed E-state index contributed by atoms with van der Waals surface area (Å²) in [5.74, 6) is -1.77. The lowest BCUT2D eigenvalue weighted by Gasteiger charge is -2.38. The quantitative estimate of drug-likeness (QED) is 0.572. The Kier molecular flexibility index (Phi) is 5.18. The third-order valence-corrected chi connectivity index (χ3v) is 5.40. The zero-order chi connectivity index (χ0) is 21.3. The van der Waals surface area contributed by atoms with Gasteiger partial charge in [0.15, 0.2) is 0 Å². The van der Waals surface area contributed by atoms with Crippen molar-refractivity contribution in [2.45, 2.75) is 25.8 Å². The number of nitrogens with one attached hydrogen (secondary N) is 2. The number of pyridine rings is 1. The van der Waals surface area contributed by atoms with Crippen LogP contribution in [0.25, 0.3) is 10.9 Å². The molecular formula is C21H22N6O3. The Balaban J connectivity index is 1.56. The van der Waals surface area contributed by atoms with Crippen LogP contribution in [0.5, 0.6) is 0 Å². The van der Waals surface area contributed by atoms with Gasteiger partial charge in [0.2, 0.25) is 5.91 Å². The molecule has 3 heterocycles. The number of carbonyl (C=O) groups is 3. The van der Waals surface area contributed by atoms with E-state index in [2.05, 4.69) is 27.4 Å². The van der Waals surface area contributed by atoms with Gasteiger partial charge in [-0.3, -0.25) is 24.5 Å². The molecule has 4 rings (SSSR count). The zero-order valence-electron chi connectivity index (χ0n) is 16.5. The number of H-pyrrole nitrogens is 1. The third-order valence-electron chi connectivity index (χ3n) is 5.40. The van der Waals surface area contributed by atoms with Crippen LogP contribution in [-0.4, -0.2) is 44.3 Å². The van der Waals surface area contributed by atoms with Crippen molar-refractivity contribution in [3.8, 4) is 0 Å². The minimum absolute atomic E-state index is 0.151. The van der Waals surface area contributed by atoms with Crippen molar-refractivity contribution in [3.63, 3.8) is 0 Å². The monoisotopic (exact) mass is 406 g/mol. The molecular weight excluding hydrogens is 384 g/mol. The summed E-state index contributed by atoms with van der Waals surface area (Å²) in [5, 5.41) is 10.4. The van der Waals surface area contributed by atoms with Crippen molar-refractivity contribution < 1.29 is 14.4 Å². The van der Waals surface area contributed by atoms with Gasteiger partial charge < -0.3 is 16.0 Å². The Morgan fingerprint density at radius 2 is 2.00 bits per heavy atom. The number of carbonyl (C=O) groups excluding carboxylic acids is 3. The Hall–Kier alpha value is -3.75. The SMILES string of the molecule is C[C@@H]1CC[C@@H](c2ccc3[nH]ncc3c2)N(C(=O)C(=O)Nc2cncc(C(N)=O)c2)C1. The van der Waals surface area contributed by atoms with E-state index in [0.717, 1.165) is 29.3 Å². The predicted molar refractivity (Wildman–Crippen MR) is 110 cm³/mol. The summed E-state index contributed by atoms with van der Waals surface area (Å²) in [4.78, 5) is 42.6. The summed E-state index contributed by atoms with van der Waals surface area (Å²) in [7, 11) is 0. The van der Waals surface area contributed by atoms with Gasteiger partial charge >= 0.3 is 11.8 Å². The first-order valence-corrected chi connectivity index (χ1v) is 9.72. The average molecular weight is 406 g/mol. The van der Waals surface area contributed by atoms with E-state index in [9.17, 15) is 14.4 Å². The molecule has 1 saturated heterocycles. The molecule has 4 N–H and O–H groups in total. The van der Waals surface area contributed by atoms with Gasteiger partial charge in [-0.05, 0) is 42.5 Å². The minimum Gasteiger partial charge on any atom is -0.366 e. The average Bonchev–Trinajstić information content (AvgIpc) is 3.21. The number of hydrogen-bond acceptors (Lipinski definition) is 5. The number of fused-ring (bicyclic) bond motifs is 1. The number of likely N-dealkylation sites (tertiary alicyclic amines) is 1. The van der Waals surface area contributed by atoms with Crippen LogP contribution < -0.4 is 11.1 Å². The van der Waals surface area contributed by atoms with E-state index in [1.54, 1.807) is 11.1 Å². The molecule has 1 aliphatic rings. The Labute approximate surface area is 172 Å². The lowest BCUT2D eigenvalue weighted by atomic mass is 9.89. The van der Waals surface area contributed by atoms with Crippen LogP contribution in [-0.2, 0) is 9.59 Å². The highest BCUT2D eigenvalue weighted by Gasteiger charge is 2.34. The highest BCUT2D eigenvalue weighted by molar-refractivity contribution is 6.39. The predicted octanol–water partition coefficient (Wildman–Crippen LogP) is 2.00. The number of rotatable bonds is 3. The van der Waals surface area contributed by atoms with Gasteiger partial charge in [0.1, 0.15) is 0 Å².